The zero-order chi connectivity index (χ0) is 20.0. The summed E-state index contributed by atoms with van der Waals surface area (Å²) in [5.74, 6) is -0.261. The third kappa shape index (κ3) is 6.30. The lowest BCUT2D eigenvalue weighted by Gasteiger charge is -2.16. The fourth-order valence-electron chi connectivity index (χ4n) is 2.47. The number of nitrogens with one attached hydrogen (secondary N) is 1. The summed E-state index contributed by atoms with van der Waals surface area (Å²) in [6.07, 6.45) is 0. The van der Waals surface area contributed by atoms with E-state index in [0.29, 0.717) is 17.8 Å². The van der Waals surface area contributed by atoms with Crippen molar-refractivity contribution in [1.29, 1.82) is 0 Å². The highest BCUT2D eigenvalue weighted by Crippen LogP contribution is 2.22. The third-order valence-electron chi connectivity index (χ3n) is 3.70. The third-order valence-corrected chi connectivity index (χ3v) is 3.70. The summed E-state index contributed by atoms with van der Waals surface area (Å²) in [4.78, 5) is 24.3. The number of anilines is 1. The fourth-order valence-corrected chi connectivity index (χ4v) is 2.47. The second-order valence-corrected chi connectivity index (χ2v) is 6.00. The van der Waals surface area contributed by atoms with Crippen molar-refractivity contribution in [2.75, 3.05) is 18.9 Å². The number of ether oxygens (including phenoxy) is 1. The number of hydrogen-bond donors (Lipinski definition) is 1. The molecule has 0 aliphatic rings. The maximum Gasteiger partial charge on any atom is 0.387 e. The van der Waals surface area contributed by atoms with Gasteiger partial charge in [0.1, 0.15) is 5.75 Å². The van der Waals surface area contributed by atoms with Crippen molar-refractivity contribution in [3.8, 4) is 5.75 Å². The van der Waals surface area contributed by atoms with Crippen LogP contribution >= 0.6 is 0 Å². The summed E-state index contributed by atoms with van der Waals surface area (Å²) in [6.45, 7) is -0.789. The first-order valence-corrected chi connectivity index (χ1v) is 8.02. The number of nitro benzene ring substituents is 1. The Morgan fingerprint density at radius 2 is 1.93 bits per heavy atom. The van der Waals surface area contributed by atoms with E-state index in [9.17, 15) is 23.7 Å². The lowest BCUT2D eigenvalue weighted by atomic mass is 10.2. The molecule has 1 amide bonds. The van der Waals surface area contributed by atoms with Crippen LogP contribution in [0.15, 0.2) is 42.5 Å². The van der Waals surface area contributed by atoms with Gasteiger partial charge in [0.15, 0.2) is 0 Å². The number of carbonyl (C=O) groups is 1. The van der Waals surface area contributed by atoms with Gasteiger partial charge in [-0.2, -0.15) is 8.78 Å². The van der Waals surface area contributed by atoms with E-state index >= 15 is 0 Å². The molecule has 0 fully saturated rings. The molecule has 0 aliphatic heterocycles. The zero-order valence-corrected chi connectivity index (χ0v) is 14.8. The maximum absolute atomic E-state index is 12.1. The van der Waals surface area contributed by atoms with Gasteiger partial charge < -0.3 is 10.1 Å². The number of benzene rings is 2. The monoisotopic (exact) mass is 379 g/mol. The number of rotatable bonds is 8. The van der Waals surface area contributed by atoms with Gasteiger partial charge in [-0.3, -0.25) is 19.8 Å². The first kappa shape index (κ1) is 20.2. The van der Waals surface area contributed by atoms with Crippen molar-refractivity contribution in [3.63, 3.8) is 0 Å². The molecule has 0 aromatic heterocycles. The first-order chi connectivity index (χ1) is 12.7. The molecular formula is C18H19F2N3O4. The van der Waals surface area contributed by atoms with E-state index in [1.54, 1.807) is 43.1 Å². The Morgan fingerprint density at radius 3 is 2.52 bits per heavy atom. The van der Waals surface area contributed by atoms with E-state index in [0.717, 1.165) is 5.56 Å². The molecule has 27 heavy (non-hydrogen) atoms. The number of alkyl halides is 2. The molecule has 2 aromatic rings. The van der Waals surface area contributed by atoms with Gasteiger partial charge >= 0.3 is 6.61 Å². The largest absolute Gasteiger partial charge is 0.435 e. The van der Waals surface area contributed by atoms with Gasteiger partial charge in [0.2, 0.25) is 5.91 Å². The van der Waals surface area contributed by atoms with Crippen LogP contribution < -0.4 is 10.1 Å². The Labute approximate surface area is 154 Å². The highest BCUT2D eigenvalue weighted by molar-refractivity contribution is 5.92. The molecule has 2 aromatic carbocycles. The highest BCUT2D eigenvalue weighted by atomic mass is 19.3. The van der Waals surface area contributed by atoms with Crippen LogP contribution in [0.1, 0.15) is 11.1 Å². The Balaban J connectivity index is 1.90. The van der Waals surface area contributed by atoms with Crippen molar-refractivity contribution < 1.29 is 23.2 Å². The van der Waals surface area contributed by atoms with Crippen LogP contribution in [0.5, 0.6) is 5.75 Å². The van der Waals surface area contributed by atoms with Crippen LogP contribution in [0, 0.1) is 17.0 Å². The minimum absolute atomic E-state index is 0.0525. The van der Waals surface area contributed by atoms with Crippen LogP contribution in [0.25, 0.3) is 0 Å². The number of nitro groups is 1. The van der Waals surface area contributed by atoms with E-state index in [-0.39, 0.29) is 23.9 Å². The lowest BCUT2D eigenvalue weighted by Crippen LogP contribution is -2.29. The van der Waals surface area contributed by atoms with Gasteiger partial charge in [-0.25, -0.2) is 0 Å². The van der Waals surface area contributed by atoms with Gasteiger partial charge in [0, 0.05) is 23.9 Å². The second-order valence-electron chi connectivity index (χ2n) is 6.00. The molecule has 144 valence electrons. The number of nitrogens with zero attached hydrogens (tertiary/aromatic N) is 2. The van der Waals surface area contributed by atoms with E-state index in [1.807, 2.05) is 0 Å². The second kappa shape index (κ2) is 9.04. The molecule has 9 heteroatoms. The molecule has 0 saturated carbocycles. The Hall–Kier alpha value is -3.07. The standard InChI is InChI=1S/C18H19F2N3O4/c1-12-3-6-14(9-16(12)23(25)26)21-17(24)11-22(2)10-13-4-7-15(8-5-13)27-18(19)20/h3-9,18H,10-11H2,1-2H3,(H,21,24). The molecule has 0 unspecified atom stereocenters. The molecule has 0 spiro atoms. The smallest absolute Gasteiger partial charge is 0.387 e. The number of hydrogen-bond acceptors (Lipinski definition) is 5. The predicted octanol–water partition coefficient (Wildman–Crippen LogP) is 3.58. The summed E-state index contributed by atoms with van der Waals surface area (Å²) in [7, 11) is 1.72. The number of aryl methyl sites for hydroxylation is 1. The molecule has 0 aliphatic carbocycles. The Morgan fingerprint density at radius 1 is 1.26 bits per heavy atom. The van der Waals surface area contributed by atoms with Gasteiger partial charge in [-0.15, -0.1) is 0 Å². The van der Waals surface area contributed by atoms with Crippen molar-refractivity contribution in [2.24, 2.45) is 0 Å². The van der Waals surface area contributed by atoms with Crippen molar-refractivity contribution in [1.82, 2.24) is 4.90 Å². The Bertz CT molecular complexity index is 813. The average Bonchev–Trinajstić information content (AvgIpc) is 2.57. The summed E-state index contributed by atoms with van der Waals surface area (Å²) < 4.78 is 28.5. The van der Waals surface area contributed by atoms with Crippen molar-refractivity contribution >= 4 is 17.3 Å². The molecule has 0 radical (unpaired) electrons. The summed E-state index contributed by atoms with van der Waals surface area (Å²) in [6, 6.07) is 10.6. The van der Waals surface area contributed by atoms with Gasteiger partial charge in [0.25, 0.3) is 5.69 Å². The lowest BCUT2D eigenvalue weighted by molar-refractivity contribution is -0.385. The number of likely N-dealkylation sites (N-methyl/N-ethyl adjacent to an activating group) is 1. The molecule has 2 rings (SSSR count). The van der Waals surface area contributed by atoms with Crippen LogP contribution in [-0.2, 0) is 11.3 Å². The highest BCUT2D eigenvalue weighted by Gasteiger charge is 2.13. The fraction of sp³-hybridized carbons (Fsp3) is 0.278. The van der Waals surface area contributed by atoms with Crippen LogP contribution in [-0.4, -0.2) is 35.9 Å². The SMILES string of the molecule is Cc1ccc(NC(=O)CN(C)Cc2ccc(OC(F)F)cc2)cc1[N+](=O)[O-]. The van der Waals surface area contributed by atoms with Crippen LogP contribution in [0.4, 0.5) is 20.2 Å². The molecule has 0 heterocycles. The quantitative estimate of drug-likeness (QED) is 0.560. The zero-order valence-electron chi connectivity index (χ0n) is 14.8. The molecule has 0 atom stereocenters. The van der Waals surface area contributed by atoms with Crippen LogP contribution in [0.2, 0.25) is 0 Å². The maximum atomic E-state index is 12.1. The normalized spacial score (nSPS) is 10.9. The summed E-state index contributed by atoms with van der Waals surface area (Å²) >= 11 is 0. The first-order valence-electron chi connectivity index (χ1n) is 8.02. The molecule has 0 saturated heterocycles. The van der Waals surface area contributed by atoms with Gasteiger partial charge in [0.05, 0.1) is 11.5 Å². The predicted molar refractivity (Wildman–Crippen MR) is 95.9 cm³/mol. The van der Waals surface area contributed by atoms with Crippen molar-refractivity contribution in [2.45, 2.75) is 20.1 Å². The summed E-state index contributed by atoms with van der Waals surface area (Å²) in [5, 5.41) is 13.6. The van der Waals surface area contributed by atoms with E-state index in [2.05, 4.69) is 10.1 Å². The van der Waals surface area contributed by atoms with Gasteiger partial charge in [-0.05, 0) is 37.7 Å². The van der Waals surface area contributed by atoms with Gasteiger partial charge in [-0.1, -0.05) is 18.2 Å². The topological polar surface area (TPSA) is 84.7 Å². The average molecular weight is 379 g/mol. The van der Waals surface area contributed by atoms with E-state index < -0.39 is 11.5 Å². The van der Waals surface area contributed by atoms with Crippen LogP contribution in [0.3, 0.4) is 0 Å². The number of halogens is 2. The molecule has 0 bridgehead atoms. The van der Waals surface area contributed by atoms with Crippen molar-refractivity contribution in [3.05, 3.63) is 63.7 Å². The molecule has 7 nitrogen and oxygen atoms in total. The van der Waals surface area contributed by atoms with E-state index in [4.69, 9.17) is 0 Å². The molecule has 1 N–H and O–H groups in total. The number of carbonyl (C=O) groups excluding carboxylic acids is 1. The minimum Gasteiger partial charge on any atom is -0.435 e. The number of amides is 1. The van der Waals surface area contributed by atoms with E-state index in [1.165, 1.54) is 18.2 Å². The minimum atomic E-state index is -2.88. The summed E-state index contributed by atoms with van der Waals surface area (Å²) in [5.41, 5.74) is 1.61. The Kier molecular flexibility index (Phi) is 6.78. The molecular weight excluding hydrogens is 360 g/mol.